The number of hydrogen-bond donors (Lipinski definition) is 1. The summed E-state index contributed by atoms with van der Waals surface area (Å²) in [6, 6.07) is 5.33. The molecule has 0 atom stereocenters. The third-order valence-electron chi connectivity index (χ3n) is 5.14. The molecular weight excluding hydrogens is 347 g/mol. The molecule has 0 aliphatic carbocycles. The fourth-order valence-corrected chi connectivity index (χ4v) is 3.67. The first-order valence-corrected chi connectivity index (χ1v) is 9.88. The van der Waals surface area contributed by atoms with Crippen LogP contribution in [0, 0.1) is 5.41 Å². The van der Waals surface area contributed by atoms with Crippen molar-refractivity contribution >= 4 is 22.2 Å². The van der Waals surface area contributed by atoms with Gasteiger partial charge in [-0.05, 0) is 48.9 Å². The molecule has 0 unspecified atom stereocenters. The molecule has 140 valence electrons. The van der Waals surface area contributed by atoms with Crippen molar-refractivity contribution in [2.24, 2.45) is 5.41 Å². The number of carbonyl (C=O) groups excluding carboxylic acids is 1. The van der Waals surface area contributed by atoms with Crippen LogP contribution in [0.2, 0.25) is 0 Å². The molecular formula is C17H25FN2O4S. The van der Waals surface area contributed by atoms with Crippen molar-refractivity contribution in [3.63, 3.8) is 0 Å². The molecule has 1 heterocycles. The predicted molar refractivity (Wildman–Crippen MR) is 94.6 cm³/mol. The summed E-state index contributed by atoms with van der Waals surface area (Å²) in [7, 11) is -5.05. The summed E-state index contributed by atoms with van der Waals surface area (Å²) < 4.78 is 37.5. The number of urea groups is 1. The summed E-state index contributed by atoms with van der Waals surface area (Å²) in [4.78, 5) is 14.3. The highest BCUT2D eigenvalue weighted by molar-refractivity contribution is 7.81. The number of nitrogens with zero attached hydrogens (tertiary/aromatic N) is 1. The highest BCUT2D eigenvalue weighted by atomic mass is 32.3. The van der Waals surface area contributed by atoms with Gasteiger partial charge in [-0.15, -0.1) is 0 Å². The monoisotopic (exact) mass is 372 g/mol. The Morgan fingerprint density at radius 1 is 1.20 bits per heavy atom. The van der Waals surface area contributed by atoms with Crippen molar-refractivity contribution in [3.8, 4) is 5.75 Å². The largest absolute Gasteiger partial charge is 0.488 e. The lowest BCUT2D eigenvalue weighted by molar-refractivity contribution is 0.201. The number of likely N-dealkylation sites (tertiary alicyclic amines) is 1. The van der Waals surface area contributed by atoms with Crippen LogP contribution < -0.4 is 9.50 Å². The minimum absolute atomic E-state index is 0.147. The molecule has 1 aliphatic rings. The van der Waals surface area contributed by atoms with Gasteiger partial charge in [0.15, 0.2) is 0 Å². The molecule has 1 aliphatic heterocycles. The van der Waals surface area contributed by atoms with Gasteiger partial charge in [-0.2, -0.15) is 8.42 Å². The van der Waals surface area contributed by atoms with Crippen LogP contribution in [0.3, 0.4) is 0 Å². The zero-order valence-electron chi connectivity index (χ0n) is 14.6. The molecule has 0 saturated carbocycles. The second kappa shape index (κ2) is 8.03. The molecule has 8 heteroatoms. The van der Waals surface area contributed by atoms with Crippen molar-refractivity contribution < 1.29 is 21.3 Å². The van der Waals surface area contributed by atoms with Gasteiger partial charge in [0.05, 0.1) is 0 Å². The zero-order chi connectivity index (χ0) is 18.5. The Bertz CT molecular complexity index is 687. The number of carbonyl (C=O) groups is 1. The smallest absolute Gasteiger partial charge is 0.358 e. The van der Waals surface area contributed by atoms with Gasteiger partial charge in [0.1, 0.15) is 5.75 Å². The normalized spacial score (nSPS) is 17.6. The summed E-state index contributed by atoms with van der Waals surface area (Å²) in [5.74, 6) is -0.147. The molecule has 6 nitrogen and oxygen atoms in total. The van der Waals surface area contributed by atoms with Crippen LogP contribution in [0.5, 0.6) is 5.75 Å². The quantitative estimate of drug-likeness (QED) is 0.790. The first-order valence-electron chi connectivity index (χ1n) is 8.57. The lowest BCUT2D eigenvalue weighted by Crippen LogP contribution is -2.36. The molecule has 1 saturated heterocycles. The average molecular weight is 372 g/mol. The van der Waals surface area contributed by atoms with Gasteiger partial charge in [-0.1, -0.05) is 30.6 Å². The van der Waals surface area contributed by atoms with Crippen LogP contribution in [0.25, 0.3) is 0 Å². The number of hydrogen-bond acceptors (Lipinski definition) is 4. The van der Waals surface area contributed by atoms with Gasteiger partial charge in [0, 0.05) is 18.8 Å². The van der Waals surface area contributed by atoms with Crippen molar-refractivity contribution in [1.82, 2.24) is 4.90 Å². The summed E-state index contributed by atoms with van der Waals surface area (Å²) in [5, 5.41) is 2.78. The molecule has 1 fully saturated rings. The Morgan fingerprint density at radius 2 is 1.84 bits per heavy atom. The van der Waals surface area contributed by atoms with Crippen LogP contribution in [-0.2, 0) is 10.5 Å². The Labute approximate surface area is 148 Å². The van der Waals surface area contributed by atoms with Gasteiger partial charge >= 0.3 is 16.5 Å². The lowest BCUT2D eigenvalue weighted by atomic mass is 9.76. The van der Waals surface area contributed by atoms with E-state index >= 15 is 0 Å². The fraction of sp³-hybridized carbons (Fsp3) is 0.588. The van der Waals surface area contributed by atoms with E-state index in [9.17, 15) is 17.1 Å². The summed E-state index contributed by atoms with van der Waals surface area (Å²) in [6.45, 7) is 5.85. The molecule has 0 bridgehead atoms. The Balaban J connectivity index is 1.95. The molecule has 0 radical (unpaired) electrons. The standard InChI is InChI=1S/C17H25FN2O4S/c1-3-17(4-2)10-5-12-20(13-11-17)16(21)19-14-6-8-15(9-7-14)24-25(18,22)23/h6-9H,3-5,10-13H2,1-2H3,(H,19,21). The molecule has 1 aromatic carbocycles. The highest BCUT2D eigenvalue weighted by Crippen LogP contribution is 2.37. The van der Waals surface area contributed by atoms with E-state index in [0.29, 0.717) is 11.1 Å². The topological polar surface area (TPSA) is 75.7 Å². The van der Waals surface area contributed by atoms with Crippen LogP contribution in [0.15, 0.2) is 24.3 Å². The maximum Gasteiger partial charge on any atom is 0.488 e. The fourth-order valence-electron chi connectivity index (χ4n) is 3.33. The second-order valence-corrected chi connectivity index (χ2v) is 7.43. The number of benzene rings is 1. The Kier molecular flexibility index (Phi) is 6.26. The highest BCUT2D eigenvalue weighted by Gasteiger charge is 2.30. The molecule has 2 amide bonds. The van der Waals surface area contributed by atoms with Crippen molar-refractivity contribution in [2.45, 2.75) is 46.0 Å². The first kappa shape index (κ1) is 19.5. The number of nitrogens with one attached hydrogen (secondary N) is 1. The van der Waals surface area contributed by atoms with E-state index in [1.807, 2.05) is 4.90 Å². The van der Waals surface area contributed by atoms with Crippen molar-refractivity contribution in [2.75, 3.05) is 18.4 Å². The van der Waals surface area contributed by atoms with E-state index in [1.165, 1.54) is 24.3 Å². The summed E-state index contributed by atoms with van der Waals surface area (Å²) >= 11 is 0. The molecule has 2 rings (SSSR count). The second-order valence-electron chi connectivity index (χ2n) is 6.48. The van der Waals surface area contributed by atoms with Gasteiger partial charge in [-0.25, -0.2) is 4.79 Å². The molecule has 0 aromatic heterocycles. The van der Waals surface area contributed by atoms with E-state index in [-0.39, 0.29) is 11.8 Å². The molecule has 0 spiro atoms. The van der Waals surface area contributed by atoms with Gasteiger partial charge in [0.2, 0.25) is 0 Å². The van der Waals surface area contributed by atoms with E-state index in [4.69, 9.17) is 0 Å². The van der Waals surface area contributed by atoms with E-state index in [0.717, 1.165) is 45.2 Å². The molecule has 1 N–H and O–H groups in total. The lowest BCUT2D eigenvalue weighted by Gasteiger charge is -2.30. The van der Waals surface area contributed by atoms with E-state index in [2.05, 4.69) is 23.3 Å². The number of halogens is 1. The van der Waals surface area contributed by atoms with Gasteiger partial charge in [-0.3, -0.25) is 0 Å². The predicted octanol–water partition coefficient (Wildman–Crippen LogP) is 4.10. The van der Waals surface area contributed by atoms with Gasteiger partial charge < -0.3 is 14.4 Å². The summed E-state index contributed by atoms with van der Waals surface area (Å²) in [6.07, 6.45) is 5.36. The SMILES string of the molecule is CCC1(CC)CCCN(C(=O)Nc2ccc(OS(=O)(=O)F)cc2)CC1. The maximum absolute atomic E-state index is 12.5. The average Bonchev–Trinajstić information content (AvgIpc) is 2.78. The van der Waals surface area contributed by atoms with Crippen molar-refractivity contribution in [3.05, 3.63) is 24.3 Å². The van der Waals surface area contributed by atoms with E-state index in [1.54, 1.807) is 0 Å². The summed E-state index contributed by atoms with van der Waals surface area (Å²) in [5.41, 5.74) is 0.821. The number of rotatable bonds is 5. The Morgan fingerprint density at radius 3 is 2.40 bits per heavy atom. The van der Waals surface area contributed by atoms with Gasteiger partial charge in [0.25, 0.3) is 0 Å². The molecule has 1 aromatic rings. The van der Waals surface area contributed by atoms with Crippen LogP contribution in [0.1, 0.15) is 46.0 Å². The third kappa shape index (κ3) is 5.59. The van der Waals surface area contributed by atoms with Crippen LogP contribution in [-0.4, -0.2) is 32.4 Å². The number of amides is 2. The van der Waals surface area contributed by atoms with E-state index < -0.39 is 10.5 Å². The van der Waals surface area contributed by atoms with Crippen molar-refractivity contribution in [1.29, 1.82) is 0 Å². The number of anilines is 1. The zero-order valence-corrected chi connectivity index (χ0v) is 15.4. The third-order valence-corrected chi connectivity index (χ3v) is 5.53. The minimum atomic E-state index is -5.05. The van der Waals surface area contributed by atoms with Crippen LogP contribution in [0.4, 0.5) is 14.4 Å². The first-order chi connectivity index (χ1) is 11.8. The molecule has 25 heavy (non-hydrogen) atoms. The van der Waals surface area contributed by atoms with Crippen LogP contribution >= 0.6 is 0 Å². The minimum Gasteiger partial charge on any atom is -0.358 e. The Hall–Kier alpha value is -1.83. The maximum atomic E-state index is 12.5.